The Bertz CT molecular complexity index is 460. The van der Waals surface area contributed by atoms with Crippen molar-refractivity contribution in [2.75, 3.05) is 13.2 Å². The summed E-state index contributed by atoms with van der Waals surface area (Å²) in [4.78, 5) is 0. The van der Waals surface area contributed by atoms with Gasteiger partial charge in [0.25, 0.3) is 0 Å². The van der Waals surface area contributed by atoms with Crippen LogP contribution in [0.25, 0.3) is 10.8 Å². The van der Waals surface area contributed by atoms with Crippen LogP contribution in [0, 0.1) is 0 Å². The lowest BCUT2D eigenvalue weighted by Crippen LogP contribution is -1.98. The zero-order chi connectivity index (χ0) is 11.9. The second kappa shape index (κ2) is 6.26. The number of hydrogen-bond acceptors (Lipinski definition) is 2. The van der Waals surface area contributed by atoms with Crippen molar-refractivity contribution in [3.8, 4) is 5.75 Å². The second-order valence-electron chi connectivity index (χ2n) is 4.11. The Hall–Kier alpha value is -1.54. The zero-order valence-electron chi connectivity index (χ0n) is 9.93. The number of fused-ring (bicyclic) bond motifs is 1. The Morgan fingerprint density at radius 1 is 0.882 bits per heavy atom. The van der Waals surface area contributed by atoms with Gasteiger partial charge in [-0.15, -0.1) is 0 Å². The van der Waals surface area contributed by atoms with Gasteiger partial charge in [0, 0.05) is 12.0 Å². The van der Waals surface area contributed by atoms with E-state index in [1.807, 2.05) is 24.3 Å². The molecule has 0 fully saturated rings. The van der Waals surface area contributed by atoms with Gasteiger partial charge in [-0.1, -0.05) is 36.4 Å². The number of aliphatic hydroxyl groups is 1. The van der Waals surface area contributed by atoms with Crippen LogP contribution < -0.4 is 4.74 Å². The van der Waals surface area contributed by atoms with Crippen LogP contribution >= 0.6 is 0 Å². The maximum Gasteiger partial charge on any atom is 0.127 e. The van der Waals surface area contributed by atoms with E-state index in [9.17, 15) is 0 Å². The smallest absolute Gasteiger partial charge is 0.127 e. The fourth-order valence-corrected chi connectivity index (χ4v) is 1.89. The molecule has 0 atom stereocenters. The first-order valence-corrected chi connectivity index (χ1v) is 6.13. The lowest BCUT2D eigenvalue weighted by atomic mass is 10.1. The van der Waals surface area contributed by atoms with Crippen molar-refractivity contribution in [3.05, 3.63) is 42.5 Å². The average molecular weight is 230 g/mol. The van der Waals surface area contributed by atoms with Crippen molar-refractivity contribution in [3.63, 3.8) is 0 Å². The summed E-state index contributed by atoms with van der Waals surface area (Å²) in [6, 6.07) is 14.4. The second-order valence-corrected chi connectivity index (χ2v) is 4.11. The number of unbranched alkanes of at least 4 members (excludes halogenated alkanes) is 2. The molecule has 0 saturated heterocycles. The molecule has 2 nitrogen and oxygen atoms in total. The van der Waals surface area contributed by atoms with Gasteiger partial charge in [0.2, 0.25) is 0 Å². The maximum atomic E-state index is 8.68. The lowest BCUT2D eigenvalue weighted by molar-refractivity contribution is 0.267. The summed E-state index contributed by atoms with van der Waals surface area (Å²) in [5, 5.41) is 11.1. The minimum atomic E-state index is 0.272. The molecular formula is C15H18O2. The molecule has 0 heterocycles. The highest BCUT2D eigenvalue weighted by molar-refractivity contribution is 5.88. The van der Waals surface area contributed by atoms with Crippen LogP contribution in [0.2, 0.25) is 0 Å². The average Bonchev–Trinajstić information content (AvgIpc) is 2.39. The Labute approximate surface area is 102 Å². The largest absolute Gasteiger partial charge is 0.493 e. The third-order valence-corrected chi connectivity index (χ3v) is 2.81. The summed E-state index contributed by atoms with van der Waals surface area (Å²) in [5.74, 6) is 0.951. The normalized spacial score (nSPS) is 10.6. The summed E-state index contributed by atoms with van der Waals surface area (Å²) >= 11 is 0. The van der Waals surface area contributed by atoms with E-state index in [0.717, 1.165) is 30.4 Å². The summed E-state index contributed by atoms with van der Waals surface area (Å²) in [6.07, 6.45) is 2.87. The highest BCUT2D eigenvalue weighted by Crippen LogP contribution is 2.25. The van der Waals surface area contributed by atoms with Gasteiger partial charge < -0.3 is 9.84 Å². The molecule has 0 spiro atoms. The van der Waals surface area contributed by atoms with E-state index in [1.165, 1.54) is 5.39 Å². The number of benzene rings is 2. The molecule has 0 saturated carbocycles. The molecule has 2 rings (SSSR count). The summed E-state index contributed by atoms with van der Waals surface area (Å²) < 4.78 is 5.78. The van der Waals surface area contributed by atoms with Gasteiger partial charge in [0.1, 0.15) is 5.75 Å². The summed E-state index contributed by atoms with van der Waals surface area (Å²) in [7, 11) is 0. The topological polar surface area (TPSA) is 29.5 Å². The summed E-state index contributed by atoms with van der Waals surface area (Å²) in [5.41, 5.74) is 0. The van der Waals surface area contributed by atoms with Crippen LogP contribution in [0.3, 0.4) is 0 Å². The van der Waals surface area contributed by atoms with Gasteiger partial charge in [-0.25, -0.2) is 0 Å². The molecule has 0 bridgehead atoms. The molecule has 0 aliphatic rings. The van der Waals surface area contributed by atoms with Crippen LogP contribution in [0.4, 0.5) is 0 Å². The lowest BCUT2D eigenvalue weighted by Gasteiger charge is -2.08. The molecule has 2 aromatic rings. The highest BCUT2D eigenvalue weighted by atomic mass is 16.5. The minimum absolute atomic E-state index is 0.272. The molecule has 90 valence electrons. The predicted octanol–water partition coefficient (Wildman–Crippen LogP) is 3.38. The maximum absolute atomic E-state index is 8.68. The fraction of sp³-hybridized carbons (Fsp3) is 0.333. The Balaban J connectivity index is 1.98. The van der Waals surface area contributed by atoms with Gasteiger partial charge in [0.15, 0.2) is 0 Å². The number of rotatable bonds is 6. The van der Waals surface area contributed by atoms with Crippen LogP contribution in [0.5, 0.6) is 5.75 Å². The minimum Gasteiger partial charge on any atom is -0.493 e. The monoisotopic (exact) mass is 230 g/mol. The van der Waals surface area contributed by atoms with Gasteiger partial charge in [0.05, 0.1) is 6.61 Å². The molecule has 17 heavy (non-hydrogen) atoms. The van der Waals surface area contributed by atoms with Gasteiger partial charge in [-0.3, -0.25) is 0 Å². The SMILES string of the molecule is OCCCCCOc1cccc2ccccc12. The van der Waals surface area contributed by atoms with Crippen molar-refractivity contribution in [1.29, 1.82) is 0 Å². The van der Waals surface area contributed by atoms with E-state index in [4.69, 9.17) is 9.84 Å². The van der Waals surface area contributed by atoms with E-state index in [-0.39, 0.29) is 6.61 Å². The fourth-order valence-electron chi connectivity index (χ4n) is 1.89. The zero-order valence-corrected chi connectivity index (χ0v) is 9.93. The van der Waals surface area contributed by atoms with E-state index in [1.54, 1.807) is 0 Å². The molecule has 0 unspecified atom stereocenters. The molecule has 0 aliphatic carbocycles. The van der Waals surface area contributed by atoms with Crippen LogP contribution in [-0.4, -0.2) is 18.3 Å². The van der Waals surface area contributed by atoms with Gasteiger partial charge in [-0.05, 0) is 30.7 Å². The molecule has 1 N–H and O–H groups in total. The molecule has 0 aromatic heterocycles. The Morgan fingerprint density at radius 3 is 2.59 bits per heavy atom. The van der Waals surface area contributed by atoms with Crippen LogP contribution in [0.15, 0.2) is 42.5 Å². The van der Waals surface area contributed by atoms with Crippen LogP contribution in [0.1, 0.15) is 19.3 Å². The molecule has 0 radical (unpaired) electrons. The van der Waals surface area contributed by atoms with Crippen molar-refractivity contribution in [1.82, 2.24) is 0 Å². The standard InChI is InChI=1S/C15H18O2/c16-11-4-1-5-12-17-15-10-6-8-13-7-2-3-9-14(13)15/h2-3,6-10,16H,1,4-5,11-12H2. The van der Waals surface area contributed by atoms with Gasteiger partial charge in [-0.2, -0.15) is 0 Å². The first kappa shape index (κ1) is 11.9. The number of ether oxygens (including phenoxy) is 1. The third-order valence-electron chi connectivity index (χ3n) is 2.81. The summed E-state index contributed by atoms with van der Waals surface area (Å²) in [6.45, 7) is 0.988. The Kier molecular flexibility index (Phi) is 4.39. The van der Waals surface area contributed by atoms with Crippen molar-refractivity contribution in [2.45, 2.75) is 19.3 Å². The van der Waals surface area contributed by atoms with Crippen molar-refractivity contribution >= 4 is 10.8 Å². The highest BCUT2D eigenvalue weighted by Gasteiger charge is 2.00. The number of aliphatic hydroxyl groups excluding tert-OH is 1. The molecule has 0 amide bonds. The molecule has 2 aromatic carbocycles. The van der Waals surface area contributed by atoms with Crippen LogP contribution in [-0.2, 0) is 0 Å². The molecular weight excluding hydrogens is 212 g/mol. The van der Waals surface area contributed by atoms with Crippen molar-refractivity contribution < 1.29 is 9.84 Å². The van der Waals surface area contributed by atoms with E-state index in [0.29, 0.717) is 6.61 Å². The predicted molar refractivity (Wildman–Crippen MR) is 70.4 cm³/mol. The van der Waals surface area contributed by atoms with E-state index >= 15 is 0 Å². The molecule has 2 heteroatoms. The quantitative estimate of drug-likeness (QED) is 0.771. The first-order chi connectivity index (χ1) is 8.42. The Morgan fingerprint density at radius 2 is 1.71 bits per heavy atom. The van der Waals surface area contributed by atoms with E-state index < -0.39 is 0 Å². The van der Waals surface area contributed by atoms with Gasteiger partial charge >= 0.3 is 0 Å². The van der Waals surface area contributed by atoms with E-state index in [2.05, 4.69) is 18.2 Å². The molecule has 0 aliphatic heterocycles. The number of hydrogen-bond donors (Lipinski definition) is 1. The third kappa shape index (κ3) is 3.21. The van der Waals surface area contributed by atoms with Crippen molar-refractivity contribution in [2.24, 2.45) is 0 Å². The first-order valence-electron chi connectivity index (χ1n) is 6.13.